The maximum Gasteiger partial charge on any atom is 0.411 e. The van der Waals surface area contributed by atoms with Crippen molar-refractivity contribution in [2.24, 2.45) is 0 Å². The van der Waals surface area contributed by atoms with Crippen LogP contribution in [-0.2, 0) is 17.8 Å². The minimum Gasteiger partial charge on any atom is -0.488 e. The van der Waals surface area contributed by atoms with E-state index in [0.717, 1.165) is 22.2 Å². The van der Waals surface area contributed by atoms with Gasteiger partial charge in [-0.15, -0.1) is 0 Å². The molecular weight excluding hydrogens is 370 g/mol. The molecule has 0 fully saturated rings. The van der Waals surface area contributed by atoms with E-state index in [0.29, 0.717) is 12.3 Å². The van der Waals surface area contributed by atoms with E-state index in [-0.39, 0.29) is 0 Å². The molecule has 0 unspecified atom stereocenters. The van der Waals surface area contributed by atoms with Gasteiger partial charge in [-0.1, -0.05) is 35.0 Å². The molecule has 0 heterocycles. The van der Waals surface area contributed by atoms with Gasteiger partial charge in [-0.25, -0.2) is 4.79 Å². The first-order valence-corrected chi connectivity index (χ1v) is 8.60. The molecule has 2 aromatic rings. The number of amides is 1. The Labute approximate surface area is 151 Å². The number of methoxy groups -OCH3 is 1. The summed E-state index contributed by atoms with van der Waals surface area (Å²) >= 11 is 3.52. The topological polar surface area (TPSA) is 47.6 Å². The second kappa shape index (κ2) is 8.20. The SMILES string of the molecule is CCc1cc(C)c(C)cc1OCc1c(Br)cccc1NC(=O)OC. The van der Waals surface area contributed by atoms with Gasteiger partial charge in [0.1, 0.15) is 12.4 Å². The summed E-state index contributed by atoms with van der Waals surface area (Å²) < 4.78 is 11.6. The molecule has 0 aromatic heterocycles. The van der Waals surface area contributed by atoms with E-state index >= 15 is 0 Å². The minimum atomic E-state index is -0.505. The van der Waals surface area contributed by atoms with Crippen LogP contribution in [-0.4, -0.2) is 13.2 Å². The van der Waals surface area contributed by atoms with Crippen LogP contribution in [0.5, 0.6) is 5.75 Å². The zero-order chi connectivity index (χ0) is 17.7. The number of hydrogen-bond donors (Lipinski definition) is 1. The molecule has 4 nitrogen and oxygen atoms in total. The molecule has 0 bridgehead atoms. The number of halogens is 1. The van der Waals surface area contributed by atoms with E-state index in [9.17, 15) is 4.79 Å². The van der Waals surface area contributed by atoms with Gasteiger partial charge in [0.05, 0.1) is 12.8 Å². The normalized spacial score (nSPS) is 10.4. The van der Waals surface area contributed by atoms with Gasteiger partial charge in [-0.3, -0.25) is 5.32 Å². The van der Waals surface area contributed by atoms with Crippen LogP contribution in [0.1, 0.15) is 29.2 Å². The summed E-state index contributed by atoms with van der Waals surface area (Å²) in [7, 11) is 1.34. The molecule has 0 saturated heterocycles. The zero-order valence-corrected chi connectivity index (χ0v) is 16.0. The summed E-state index contributed by atoms with van der Waals surface area (Å²) in [5.41, 5.74) is 5.16. The Morgan fingerprint density at radius 3 is 2.58 bits per heavy atom. The van der Waals surface area contributed by atoms with Gasteiger partial charge >= 0.3 is 6.09 Å². The molecule has 2 rings (SSSR count). The van der Waals surface area contributed by atoms with Crippen molar-refractivity contribution in [2.45, 2.75) is 33.8 Å². The second-order valence-electron chi connectivity index (χ2n) is 5.57. The lowest BCUT2D eigenvalue weighted by molar-refractivity contribution is 0.187. The average molecular weight is 392 g/mol. The lowest BCUT2D eigenvalue weighted by Crippen LogP contribution is -2.13. The fourth-order valence-electron chi connectivity index (χ4n) is 2.39. The summed E-state index contributed by atoms with van der Waals surface area (Å²) in [5, 5.41) is 2.72. The fraction of sp³-hybridized carbons (Fsp3) is 0.316. The maximum atomic E-state index is 11.5. The van der Waals surface area contributed by atoms with Crippen LogP contribution in [0.2, 0.25) is 0 Å². The van der Waals surface area contributed by atoms with E-state index in [1.165, 1.54) is 23.8 Å². The minimum absolute atomic E-state index is 0.344. The highest BCUT2D eigenvalue weighted by molar-refractivity contribution is 9.10. The third-order valence-corrected chi connectivity index (χ3v) is 4.71. The first kappa shape index (κ1) is 18.3. The van der Waals surface area contributed by atoms with E-state index in [4.69, 9.17) is 4.74 Å². The number of carbonyl (C=O) groups is 1. The molecule has 0 aliphatic carbocycles. The van der Waals surface area contributed by atoms with Gasteiger partial charge in [-0.05, 0) is 55.2 Å². The third-order valence-electron chi connectivity index (χ3n) is 3.97. The van der Waals surface area contributed by atoms with Crippen molar-refractivity contribution in [2.75, 3.05) is 12.4 Å². The highest BCUT2D eigenvalue weighted by Crippen LogP contribution is 2.29. The van der Waals surface area contributed by atoms with Crippen molar-refractivity contribution >= 4 is 27.7 Å². The lowest BCUT2D eigenvalue weighted by atomic mass is 10.0. The van der Waals surface area contributed by atoms with Crippen LogP contribution >= 0.6 is 15.9 Å². The first-order chi connectivity index (χ1) is 11.5. The van der Waals surface area contributed by atoms with Gasteiger partial charge in [0.15, 0.2) is 0 Å². The number of ether oxygens (including phenoxy) is 2. The summed E-state index contributed by atoms with van der Waals surface area (Å²) in [5.74, 6) is 0.875. The predicted octanol–water partition coefficient (Wildman–Crippen LogP) is 5.39. The van der Waals surface area contributed by atoms with Crippen molar-refractivity contribution in [1.82, 2.24) is 0 Å². The number of rotatable bonds is 5. The fourth-order valence-corrected chi connectivity index (χ4v) is 2.87. The van der Waals surface area contributed by atoms with Gasteiger partial charge in [0, 0.05) is 10.0 Å². The Morgan fingerprint density at radius 1 is 1.21 bits per heavy atom. The Morgan fingerprint density at radius 2 is 1.92 bits per heavy atom. The van der Waals surface area contributed by atoms with Crippen molar-refractivity contribution in [1.29, 1.82) is 0 Å². The number of aryl methyl sites for hydroxylation is 3. The smallest absolute Gasteiger partial charge is 0.411 e. The van der Waals surface area contributed by atoms with E-state index in [1.807, 2.05) is 18.2 Å². The van der Waals surface area contributed by atoms with Gasteiger partial charge in [0.2, 0.25) is 0 Å². The van der Waals surface area contributed by atoms with E-state index in [2.05, 4.69) is 58.9 Å². The molecule has 24 heavy (non-hydrogen) atoms. The summed E-state index contributed by atoms with van der Waals surface area (Å²) in [6, 6.07) is 9.83. The Bertz CT molecular complexity index is 744. The summed E-state index contributed by atoms with van der Waals surface area (Å²) in [6.45, 7) is 6.63. The molecular formula is C19H22BrNO3. The average Bonchev–Trinajstić information content (AvgIpc) is 2.56. The quantitative estimate of drug-likeness (QED) is 0.743. The Kier molecular flexibility index (Phi) is 6.26. The monoisotopic (exact) mass is 391 g/mol. The lowest BCUT2D eigenvalue weighted by Gasteiger charge is -2.16. The summed E-state index contributed by atoms with van der Waals surface area (Å²) in [6.07, 6.45) is 0.398. The summed E-state index contributed by atoms with van der Waals surface area (Å²) in [4.78, 5) is 11.5. The van der Waals surface area contributed by atoms with Gasteiger partial charge in [-0.2, -0.15) is 0 Å². The highest BCUT2D eigenvalue weighted by Gasteiger charge is 2.12. The van der Waals surface area contributed by atoms with E-state index < -0.39 is 6.09 Å². The molecule has 0 saturated carbocycles. The molecule has 128 valence electrons. The zero-order valence-electron chi connectivity index (χ0n) is 14.4. The molecule has 0 aliphatic rings. The van der Waals surface area contributed by atoms with Crippen LogP contribution in [0, 0.1) is 13.8 Å². The molecule has 2 aromatic carbocycles. The van der Waals surface area contributed by atoms with Crippen molar-refractivity contribution < 1.29 is 14.3 Å². The first-order valence-electron chi connectivity index (χ1n) is 7.81. The van der Waals surface area contributed by atoms with Crippen LogP contribution in [0.15, 0.2) is 34.8 Å². The van der Waals surface area contributed by atoms with Gasteiger partial charge < -0.3 is 9.47 Å². The molecule has 0 radical (unpaired) electrons. The maximum absolute atomic E-state index is 11.5. The van der Waals surface area contributed by atoms with Crippen molar-refractivity contribution in [3.05, 3.63) is 57.1 Å². The van der Waals surface area contributed by atoms with Crippen LogP contribution < -0.4 is 10.1 Å². The molecule has 0 spiro atoms. The highest BCUT2D eigenvalue weighted by atomic mass is 79.9. The predicted molar refractivity (Wildman–Crippen MR) is 99.8 cm³/mol. The third kappa shape index (κ3) is 4.29. The van der Waals surface area contributed by atoms with Gasteiger partial charge in [0.25, 0.3) is 0 Å². The van der Waals surface area contributed by atoms with Crippen molar-refractivity contribution in [3.8, 4) is 5.75 Å². The largest absolute Gasteiger partial charge is 0.488 e. The Balaban J connectivity index is 2.26. The molecule has 0 atom stereocenters. The molecule has 0 aliphatic heterocycles. The second-order valence-corrected chi connectivity index (χ2v) is 6.42. The number of anilines is 1. The van der Waals surface area contributed by atoms with E-state index in [1.54, 1.807) is 0 Å². The van der Waals surface area contributed by atoms with Crippen molar-refractivity contribution in [3.63, 3.8) is 0 Å². The standard InChI is InChI=1S/C19H22BrNO3/c1-5-14-9-12(2)13(3)10-18(14)24-11-15-16(20)7-6-8-17(15)21-19(22)23-4/h6-10H,5,11H2,1-4H3,(H,21,22). The number of carbonyl (C=O) groups excluding carboxylic acids is 1. The molecule has 1 N–H and O–H groups in total. The Hall–Kier alpha value is -2.01. The van der Waals surface area contributed by atoms with Crippen LogP contribution in [0.3, 0.4) is 0 Å². The number of nitrogens with one attached hydrogen (secondary N) is 1. The molecule has 1 amide bonds. The molecule has 5 heteroatoms. The van der Waals surface area contributed by atoms with Crippen LogP contribution in [0.4, 0.5) is 10.5 Å². The van der Waals surface area contributed by atoms with Crippen LogP contribution in [0.25, 0.3) is 0 Å². The number of hydrogen-bond acceptors (Lipinski definition) is 3. The number of benzene rings is 2.